The summed E-state index contributed by atoms with van der Waals surface area (Å²) in [4.78, 5) is 2.18. The molecule has 3 aromatic heterocycles. The maximum atomic E-state index is 7.62. The number of fused-ring (bicyclic) bond motifs is 6. The summed E-state index contributed by atoms with van der Waals surface area (Å²) < 4.78 is 25.0. The summed E-state index contributed by atoms with van der Waals surface area (Å²) >= 11 is 4.63. The van der Waals surface area contributed by atoms with Gasteiger partial charge in [0.1, 0.15) is 11.0 Å². The van der Waals surface area contributed by atoms with Crippen molar-refractivity contribution in [3.05, 3.63) is 117 Å². The predicted octanol–water partition coefficient (Wildman–Crippen LogP) is 10.3. The fourth-order valence-corrected chi connectivity index (χ4v) is 10.2. The van der Waals surface area contributed by atoms with E-state index in [4.69, 9.17) is 18.2 Å². The van der Waals surface area contributed by atoms with Crippen LogP contribution in [0.5, 0.6) is 11.5 Å². The molecule has 3 aromatic carbocycles. The van der Waals surface area contributed by atoms with Crippen LogP contribution >= 0.6 is 34.4 Å². The van der Waals surface area contributed by atoms with E-state index < -0.39 is 11.2 Å². The Balaban J connectivity index is 1.49. The third-order valence-corrected chi connectivity index (χ3v) is 12.1. The molecule has 0 fully saturated rings. The lowest BCUT2D eigenvalue weighted by molar-refractivity contribution is 0.0677. The van der Waals surface area contributed by atoms with Crippen molar-refractivity contribution in [2.75, 3.05) is 0 Å². The van der Waals surface area contributed by atoms with Crippen LogP contribution in [0.15, 0.2) is 94.7 Å². The van der Waals surface area contributed by atoms with E-state index in [2.05, 4.69) is 111 Å². The number of hydrogen-bond acceptors (Lipinski definition) is 7. The molecule has 0 saturated carbocycles. The van der Waals surface area contributed by atoms with Gasteiger partial charge in [-0.2, -0.15) is 8.75 Å². The summed E-state index contributed by atoms with van der Waals surface area (Å²) in [6.07, 6.45) is 0. The molecule has 0 N–H and O–H groups in total. The Hall–Kier alpha value is -3.78. The van der Waals surface area contributed by atoms with E-state index in [0.717, 1.165) is 43.4 Å². The summed E-state index contributed by atoms with van der Waals surface area (Å²) in [5.41, 5.74) is 9.69. The van der Waals surface area contributed by atoms with E-state index >= 15 is 0 Å². The number of aromatic nitrogens is 2. The zero-order chi connectivity index (χ0) is 29.1. The van der Waals surface area contributed by atoms with Gasteiger partial charge in [-0.3, -0.25) is 0 Å². The fourth-order valence-electron chi connectivity index (χ4n) is 8.11. The molecule has 0 spiro atoms. The first-order chi connectivity index (χ1) is 20.9. The van der Waals surface area contributed by atoms with Gasteiger partial charge in [-0.1, -0.05) is 74.5 Å². The molecule has 0 saturated heterocycles. The van der Waals surface area contributed by atoms with Gasteiger partial charge in [-0.05, 0) is 53.4 Å². The maximum Gasteiger partial charge on any atom is 0.174 e. The Bertz CT molecular complexity index is 1960. The number of allylic oxidation sites excluding steroid dienone is 1. The number of ether oxygens (including phenoxy) is 2. The van der Waals surface area contributed by atoms with Gasteiger partial charge in [0, 0.05) is 38.3 Å². The number of hydrogen-bond donors (Lipinski definition) is 0. The van der Waals surface area contributed by atoms with Crippen LogP contribution in [0.25, 0.3) is 31.9 Å². The Morgan fingerprint density at radius 3 is 1.53 bits per heavy atom. The topological polar surface area (TPSA) is 44.2 Å². The van der Waals surface area contributed by atoms with Crippen molar-refractivity contribution in [3.8, 4) is 32.4 Å². The average molecular weight is 617 g/mol. The Morgan fingerprint density at radius 2 is 1.09 bits per heavy atom. The second-order valence-electron chi connectivity index (χ2n) is 12.0. The normalized spacial score (nSPS) is 25.2. The largest absolute Gasteiger partial charge is 0.474 e. The summed E-state index contributed by atoms with van der Waals surface area (Å²) in [6, 6.07) is 26.1. The van der Waals surface area contributed by atoms with E-state index in [-0.39, 0.29) is 11.8 Å². The molecule has 43 heavy (non-hydrogen) atoms. The SMILES string of the molecule is CC1C2=C3C(C)(Oc4c(c(-c5cccs5)c5nsnc5c4-c4cccs4)OC3(C)c3ccccc3C2C)c2ccccc21. The first-order valence-corrected chi connectivity index (χ1v) is 17.1. The second kappa shape index (κ2) is 8.88. The lowest BCUT2D eigenvalue weighted by atomic mass is 9.58. The van der Waals surface area contributed by atoms with Crippen LogP contribution in [-0.2, 0) is 11.2 Å². The smallest absolute Gasteiger partial charge is 0.174 e. The van der Waals surface area contributed by atoms with Crippen molar-refractivity contribution in [2.45, 2.75) is 50.7 Å². The van der Waals surface area contributed by atoms with Crippen molar-refractivity contribution in [2.24, 2.45) is 0 Å². The third-order valence-electron chi connectivity index (χ3n) is 9.83. The van der Waals surface area contributed by atoms with E-state index in [9.17, 15) is 0 Å². The zero-order valence-electron chi connectivity index (χ0n) is 24.2. The molecule has 4 heterocycles. The summed E-state index contributed by atoms with van der Waals surface area (Å²) in [5.74, 6) is 1.92. The highest BCUT2D eigenvalue weighted by molar-refractivity contribution is 7.14. The van der Waals surface area contributed by atoms with Crippen LogP contribution in [0.2, 0.25) is 0 Å². The molecule has 212 valence electrons. The lowest BCUT2D eigenvalue weighted by Crippen LogP contribution is -2.49. The molecule has 4 atom stereocenters. The molecule has 3 aliphatic rings. The van der Waals surface area contributed by atoms with Gasteiger partial charge >= 0.3 is 0 Å². The molecule has 6 aromatic rings. The third kappa shape index (κ3) is 3.25. The van der Waals surface area contributed by atoms with E-state index in [1.807, 2.05) is 0 Å². The summed E-state index contributed by atoms with van der Waals surface area (Å²) in [5, 5.41) is 4.22. The van der Waals surface area contributed by atoms with E-state index in [1.165, 1.54) is 45.1 Å². The van der Waals surface area contributed by atoms with Crippen LogP contribution in [-0.4, -0.2) is 8.75 Å². The van der Waals surface area contributed by atoms with Gasteiger partial charge < -0.3 is 9.47 Å². The molecule has 2 aliphatic carbocycles. The zero-order valence-corrected chi connectivity index (χ0v) is 26.6. The average Bonchev–Trinajstić information content (AvgIpc) is 3.81. The molecule has 4 unspecified atom stereocenters. The Labute approximate surface area is 262 Å². The molecular formula is C36H28N2O2S3. The molecule has 1 aliphatic heterocycles. The standard InChI is InChI=1S/C36H28N2O2S3/c1-19-21-11-5-7-13-23(21)35(3)34-27(19)20(2)22-12-6-8-14-24(22)36(34,4)40-33-29(26-16-10-18-42-26)31-30(37-43-38-31)28(32(33)39-35)25-15-9-17-41-25/h5-20H,1-4H3. The first kappa shape index (κ1) is 25.7. The molecule has 0 amide bonds. The van der Waals surface area contributed by atoms with Gasteiger partial charge in [0.05, 0.1) is 22.9 Å². The summed E-state index contributed by atoms with van der Waals surface area (Å²) in [7, 11) is 0. The van der Waals surface area contributed by atoms with Crippen LogP contribution in [0.1, 0.15) is 61.8 Å². The van der Waals surface area contributed by atoms with Gasteiger partial charge in [-0.25, -0.2) is 0 Å². The fraction of sp³-hybridized carbons (Fsp3) is 0.222. The van der Waals surface area contributed by atoms with E-state index in [0.29, 0.717) is 0 Å². The Kier molecular flexibility index (Phi) is 5.31. The van der Waals surface area contributed by atoms with Crippen molar-refractivity contribution in [1.29, 1.82) is 0 Å². The molecule has 0 radical (unpaired) electrons. The van der Waals surface area contributed by atoms with Crippen molar-refractivity contribution < 1.29 is 9.47 Å². The van der Waals surface area contributed by atoms with Crippen molar-refractivity contribution in [3.63, 3.8) is 0 Å². The summed E-state index contributed by atoms with van der Waals surface area (Å²) in [6.45, 7) is 9.22. The van der Waals surface area contributed by atoms with Gasteiger partial charge in [-0.15, -0.1) is 22.7 Å². The number of thiophene rings is 2. The van der Waals surface area contributed by atoms with Crippen LogP contribution in [0.3, 0.4) is 0 Å². The van der Waals surface area contributed by atoms with Gasteiger partial charge in [0.2, 0.25) is 0 Å². The molecule has 0 bridgehead atoms. The number of rotatable bonds is 2. The minimum atomic E-state index is -0.782. The highest BCUT2D eigenvalue weighted by atomic mass is 32.1. The number of nitrogens with zero attached hydrogens (tertiary/aromatic N) is 2. The molecule has 9 rings (SSSR count). The molecule has 4 nitrogen and oxygen atoms in total. The van der Waals surface area contributed by atoms with Crippen molar-refractivity contribution in [1.82, 2.24) is 8.75 Å². The highest BCUT2D eigenvalue weighted by Crippen LogP contribution is 2.65. The van der Waals surface area contributed by atoms with Crippen LogP contribution in [0, 0.1) is 0 Å². The second-order valence-corrected chi connectivity index (χ2v) is 14.5. The minimum Gasteiger partial charge on any atom is -0.474 e. The Morgan fingerprint density at radius 1 is 0.628 bits per heavy atom. The highest BCUT2D eigenvalue weighted by Gasteiger charge is 2.58. The van der Waals surface area contributed by atoms with Gasteiger partial charge in [0.25, 0.3) is 0 Å². The van der Waals surface area contributed by atoms with Crippen LogP contribution < -0.4 is 9.47 Å². The quantitative estimate of drug-likeness (QED) is 0.182. The predicted molar refractivity (Wildman–Crippen MR) is 177 cm³/mol. The molecule has 7 heteroatoms. The minimum absolute atomic E-state index is 0.218. The van der Waals surface area contributed by atoms with Gasteiger partial charge in [0.15, 0.2) is 22.7 Å². The molecular weight excluding hydrogens is 589 g/mol. The number of benzene rings is 3. The van der Waals surface area contributed by atoms with Crippen molar-refractivity contribution >= 4 is 45.4 Å². The maximum absolute atomic E-state index is 7.62. The monoisotopic (exact) mass is 616 g/mol. The van der Waals surface area contributed by atoms with E-state index in [1.54, 1.807) is 22.7 Å². The lowest BCUT2D eigenvalue weighted by Gasteiger charge is -2.51. The first-order valence-electron chi connectivity index (χ1n) is 14.6. The van der Waals surface area contributed by atoms with Crippen LogP contribution in [0.4, 0.5) is 0 Å².